The van der Waals surface area contributed by atoms with Crippen LogP contribution in [0.25, 0.3) is 11.0 Å². The third-order valence-corrected chi connectivity index (χ3v) is 6.22. The molecule has 4 heterocycles. The molecule has 1 amide bonds. The summed E-state index contributed by atoms with van der Waals surface area (Å²) in [6.45, 7) is 5.41. The summed E-state index contributed by atoms with van der Waals surface area (Å²) in [5.74, 6) is 1.91. The van der Waals surface area contributed by atoms with Crippen LogP contribution in [0.15, 0.2) is 31.2 Å². The van der Waals surface area contributed by atoms with E-state index in [-0.39, 0.29) is 11.8 Å². The summed E-state index contributed by atoms with van der Waals surface area (Å²) in [5, 5.41) is 17.3. The van der Waals surface area contributed by atoms with Gasteiger partial charge in [0.25, 0.3) is 0 Å². The van der Waals surface area contributed by atoms with Gasteiger partial charge in [-0.25, -0.2) is 0 Å². The Labute approximate surface area is 184 Å². The number of H-pyrrole nitrogens is 1. The van der Waals surface area contributed by atoms with Gasteiger partial charge in [-0.3, -0.25) is 9.48 Å². The number of nitrogens with zero attached hydrogens (tertiary/aromatic N) is 6. The first-order valence-corrected chi connectivity index (χ1v) is 10.6. The first kappa shape index (κ1) is 20.1. The molecule has 0 unspecified atom stereocenters. The van der Waals surface area contributed by atoms with Crippen molar-refractivity contribution in [2.75, 3.05) is 25.0 Å². The summed E-state index contributed by atoms with van der Waals surface area (Å²) in [7, 11) is 1.83. The predicted molar refractivity (Wildman–Crippen MR) is 117 cm³/mol. The van der Waals surface area contributed by atoms with Crippen LogP contribution < -0.4 is 10.1 Å². The lowest BCUT2D eigenvalue weighted by molar-refractivity contribution is -0.125. The highest BCUT2D eigenvalue weighted by molar-refractivity contribution is 5.88. The summed E-state index contributed by atoms with van der Waals surface area (Å²) < 4.78 is 7.89. The lowest BCUT2D eigenvalue weighted by Gasteiger charge is -2.18. The maximum Gasteiger partial charge on any atom is 0.245 e. The fraction of sp³-hybridized carbons (Fsp3) is 0.409. The van der Waals surface area contributed by atoms with E-state index in [1.165, 1.54) is 18.9 Å². The molecule has 1 aliphatic heterocycles. The van der Waals surface area contributed by atoms with Crippen molar-refractivity contribution in [2.24, 2.45) is 24.8 Å². The summed E-state index contributed by atoms with van der Waals surface area (Å²) in [5.41, 5.74) is 1.69. The molecule has 0 bridgehead atoms. The number of aromatic amines is 1. The molecule has 5 rings (SSSR count). The number of anilines is 2. The molecular formula is C22H24N8O2. The molecule has 10 nitrogen and oxygen atoms in total. The van der Waals surface area contributed by atoms with Gasteiger partial charge in [0.15, 0.2) is 0 Å². The Morgan fingerprint density at radius 1 is 1.44 bits per heavy atom. The molecule has 1 aliphatic carbocycles. The molecule has 0 aromatic carbocycles. The van der Waals surface area contributed by atoms with Crippen molar-refractivity contribution in [3.05, 3.63) is 36.8 Å². The van der Waals surface area contributed by atoms with Crippen molar-refractivity contribution in [1.29, 1.82) is 5.26 Å². The van der Waals surface area contributed by atoms with Gasteiger partial charge in [-0.2, -0.15) is 20.3 Å². The number of nitriles is 1. The lowest BCUT2D eigenvalue weighted by atomic mass is 9.92. The standard InChI is InChI=1S/C22H24N8O2/c1-3-18(31)30-9-15(17(11-30)13-4-5-13)12-32-21-19-14(6-23)7-24-20(19)27-22(28-21)26-16-8-25-29(2)10-16/h3,7-8,10,13,15,17H,1,4-5,9,11-12H2,2H3,(H2,24,26,27,28)/t15-,17-/m0/s1. The highest BCUT2D eigenvalue weighted by Crippen LogP contribution is 2.44. The van der Waals surface area contributed by atoms with Crippen LogP contribution in [-0.2, 0) is 11.8 Å². The Kier molecular flexibility index (Phi) is 5.01. The van der Waals surface area contributed by atoms with E-state index in [2.05, 4.69) is 38.0 Å². The molecule has 0 radical (unpaired) electrons. The van der Waals surface area contributed by atoms with Crippen LogP contribution >= 0.6 is 0 Å². The van der Waals surface area contributed by atoms with Crippen LogP contribution in [0.2, 0.25) is 0 Å². The van der Waals surface area contributed by atoms with E-state index in [1.807, 2.05) is 18.1 Å². The smallest absolute Gasteiger partial charge is 0.245 e. The van der Waals surface area contributed by atoms with Crippen molar-refractivity contribution in [1.82, 2.24) is 29.6 Å². The molecule has 3 aromatic rings. The zero-order valence-electron chi connectivity index (χ0n) is 17.8. The van der Waals surface area contributed by atoms with Crippen molar-refractivity contribution in [2.45, 2.75) is 12.8 Å². The summed E-state index contributed by atoms with van der Waals surface area (Å²) in [6, 6.07) is 2.17. The number of rotatable bonds is 7. The first-order chi connectivity index (χ1) is 15.6. The maximum atomic E-state index is 12.2. The van der Waals surface area contributed by atoms with Crippen molar-refractivity contribution >= 4 is 28.6 Å². The monoisotopic (exact) mass is 432 g/mol. The van der Waals surface area contributed by atoms with Crippen molar-refractivity contribution < 1.29 is 9.53 Å². The normalized spacial score (nSPS) is 20.3. The average molecular weight is 432 g/mol. The Balaban J connectivity index is 1.41. The van der Waals surface area contributed by atoms with E-state index < -0.39 is 0 Å². The number of amides is 1. The second-order valence-corrected chi connectivity index (χ2v) is 8.44. The minimum atomic E-state index is -0.0389. The van der Waals surface area contributed by atoms with Crippen LogP contribution in [-0.4, -0.2) is 55.2 Å². The number of aryl methyl sites for hydroxylation is 1. The Morgan fingerprint density at radius 3 is 2.97 bits per heavy atom. The molecule has 164 valence electrons. The van der Waals surface area contributed by atoms with Crippen LogP contribution in [0.3, 0.4) is 0 Å². The number of hydrogen-bond donors (Lipinski definition) is 2. The van der Waals surface area contributed by atoms with Gasteiger partial charge in [0, 0.05) is 38.4 Å². The fourth-order valence-electron chi connectivity index (χ4n) is 4.49. The molecule has 0 spiro atoms. The second-order valence-electron chi connectivity index (χ2n) is 8.44. The molecule has 2 atom stereocenters. The number of fused-ring (bicyclic) bond motifs is 1. The highest BCUT2D eigenvalue weighted by Gasteiger charge is 2.43. The Morgan fingerprint density at radius 2 is 2.28 bits per heavy atom. The van der Waals surface area contributed by atoms with E-state index in [4.69, 9.17) is 4.74 Å². The topological polar surface area (TPSA) is 125 Å². The van der Waals surface area contributed by atoms with Crippen LogP contribution in [0.1, 0.15) is 18.4 Å². The zero-order chi connectivity index (χ0) is 22.2. The average Bonchev–Trinajstić information content (AvgIpc) is 3.21. The number of carbonyl (C=O) groups is 1. The van der Waals surface area contributed by atoms with Gasteiger partial charge in [-0.15, -0.1) is 0 Å². The highest BCUT2D eigenvalue weighted by atomic mass is 16.5. The minimum absolute atomic E-state index is 0.0389. The summed E-state index contributed by atoms with van der Waals surface area (Å²) in [6.07, 6.45) is 8.86. The number of ether oxygens (including phenoxy) is 1. The third kappa shape index (κ3) is 3.77. The second kappa shape index (κ2) is 8.00. The Bertz CT molecular complexity index is 1220. The van der Waals surface area contributed by atoms with E-state index in [0.29, 0.717) is 53.4 Å². The van der Waals surface area contributed by atoms with Gasteiger partial charge in [0.05, 0.1) is 29.4 Å². The molecule has 3 aromatic heterocycles. The van der Waals surface area contributed by atoms with Gasteiger partial charge >= 0.3 is 0 Å². The molecular weight excluding hydrogens is 408 g/mol. The zero-order valence-corrected chi connectivity index (χ0v) is 17.8. The Hall–Kier alpha value is -3.87. The van der Waals surface area contributed by atoms with Gasteiger partial charge in [0.1, 0.15) is 11.7 Å². The van der Waals surface area contributed by atoms with Crippen molar-refractivity contribution in [3.8, 4) is 11.9 Å². The predicted octanol–water partition coefficient (Wildman–Crippen LogP) is 2.36. The van der Waals surface area contributed by atoms with Gasteiger partial charge in [-0.05, 0) is 30.8 Å². The number of carbonyl (C=O) groups excluding carboxylic acids is 1. The molecule has 10 heteroatoms. The van der Waals surface area contributed by atoms with Gasteiger partial charge < -0.3 is 19.9 Å². The van der Waals surface area contributed by atoms with E-state index >= 15 is 0 Å². The molecule has 1 saturated heterocycles. The van der Waals surface area contributed by atoms with Crippen LogP contribution in [0.4, 0.5) is 11.6 Å². The molecule has 2 aliphatic rings. The van der Waals surface area contributed by atoms with E-state index in [1.54, 1.807) is 17.1 Å². The molecule has 2 fully saturated rings. The number of hydrogen-bond acceptors (Lipinski definition) is 7. The number of aromatic nitrogens is 5. The summed E-state index contributed by atoms with van der Waals surface area (Å²) in [4.78, 5) is 26.1. The maximum absolute atomic E-state index is 12.2. The quantitative estimate of drug-likeness (QED) is 0.549. The fourth-order valence-corrected chi connectivity index (χ4v) is 4.49. The van der Waals surface area contributed by atoms with Gasteiger partial charge in [-0.1, -0.05) is 6.58 Å². The first-order valence-electron chi connectivity index (χ1n) is 10.6. The van der Waals surface area contributed by atoms with E-state index in [0.717, 1.165) is 12.2 Å². The molecule has 32 heavy (non-hydrogen) atoms. The van der Waals surface area contributed by atoms with Crippen molar-refractivity contribution in [3.63, 3.8) is 0 Å². The van der Waals surface area contributed by atoms with Gasteiger partial charge in [0.2, 0.25) is 17.7 Å². The number of nitrogens with one attached hydrogen (secondary N) is 2. The minimum Gasteiger partial charge on any atom is -0.477 e. The van der Waals surface area contributed by atoms with E-state index in [9.17, 15) is 10.1 Å². The molecule has 2 N–H and O–H groups in total. The third-order valence-electron chi connectivity index (χ3n) is 6.22. The summed E-state index contributed by atoms with van der Waals surface area (Å²) >= 11 is 0. The van der Waals surface area contributed by atoms with Crippen LogP contribution in [0.5, 0.6) is 5.88 Å². The SMILES string of the molecule is C=CC(=O)N1C[C@@H](COc2nc(Nc3cnn(C)c3)nc3[nH]cc(C#N)c23)[C@H](C2CC2)C1. The van der Waals surface area contributed by atoms with Crippen LogP contribution in [0, 0.1) is 29.1 Å². The lowest BCUT2D eigenvalue weighted by Crippen LogP contribution is -2.27. The number of likely N-dealkylation sites (tertiary alicyclic amines) is 1. The molecule has 1 saturated carbocycles. The largest absolute Gasteiger partial charge is 0.477 e.